The summed E-state index contributed by atoms with van der Waals surface area (Å²) in [6, 6.07) is 3.09. The van der Waals surface area contributed by atoms with Crippen LogP contribution in [0.1, 0.15) is 6.92 Å². The number of halogens is 2. The maximum atomic E-state index is 11.6. The van der Waals surface area contributed by atoms with Crippen molar-refractivity contribution in [1.82, 2.24) is 0 Å². The van der Waals surface area contributed by atoms with Crippen molar-refractivity contribution in [2.75, 3.05) is 12.4 Å². The van der Waals surface area contributed by atoms with Gasteiger partial charge in [-0.25, -0.2) is 0 Å². The molecule has 7 heteroatoms. The monoisotopic (exact) mass is 335 g/mol. The molecular formula is C11H11BrClNO4. The fourth-order valence-corrected chi connectivity index (χ4v) is 2.19. The fourth-order valence-electron chi connectivity index (χ4n) is 1.21. The van der Waals surface area contributed by atoms with E-state index < -0.39 is 17.8 Å². The maximum absolute atomic E-state index is 11.6. The van der Waals surface area contributed by atoms with E-state index in [1.54, 1.807) is 6.07 Å². The van der Waals surface area contributed by atoms with E-state index in [-0.39, 0.29) is 0 Å². The van der Waals surface area contributed by atoms with E-state index in [1.165, 1.54) is 20.1 Å². The Morgan fingerprint density at radius 1 is 1.50 bits per heavy atom. The van der Waals surface area contributed by atoms with Gasteiger partial charge in [0, 0.05) is 5.02 Å². The number of hydrogen-bond donors (Lipinski definition) is 2. The summed E-state index contributed by atoms with van der Waals surface area (Å²) in [4.78, 5) is 22.3. The number of carboxylic acid groups (broad SMARTS) is 1. The summed E-state index contributed by atoms with van der Waals surface area (Å²) < 4.78 is 5.67. The van der Waals surface area contributed by atoms with Gasteiger partial charge in [0.25, 0.3) is 0 Å². The van der Waals surface area contributed by atoms with Crippen LogP contribution in [-0.4, -0.2) is 24.1 Å². The molecule has 0 aromatic heterocycles. The van der Waals surface area contributed by atoms with Crippen molar-refractivity contribution in [3.05, 3.63) is 21.6 Å². The molecule has 0 spiro atoms. The zero-order valence-corrected chi connectivity index (χ0v) is 12.0. The van der Waals surface area contributed by atoms with Gasteiger partial charge in [0.15, 0.2) is 5.75 Å². The van der Waals surface area contributed by atoms with E-state index >= 15 is 0 Å². The topological polar surface area (TPSA) is 75.6 Å². The minimum absolute atomic E-state index is 0.315. The molecule has 0 fully saturated rings. The van der Waals surface area contributed by atoms with Crippen LogP contribution in [0.5, 0.6) is 5.75 Å². The lowest BCUT2D eigenvalue weighted by Gasteiger charge is -2.13. The normalized spacial score (nSPS) is 11.8. The minimum Gasteiger partial charge on any atom is -0.493 e. The van der Waals surface area contributed by atoms with Gasteiger partial charge in [-0.3, -0.25) is 9.59 Å². The summed E-state index contributed by atoms with van der Waals surface area (Å²) in [6.07, 6.45) is 0. The summed E-state index contributed by atoms with van der Waals surface area (Å²) in [5, 5.41) is 11.6. The van der Waals surface area contributed by atoms with Crippen molar-refractivity contribution in [1.29, 1.82) is 0 Å². The SMILES string of the molecule is COc1c(Br)cc(Cl)cc1NC(=O)C(C)C(=O)O. The van der Waals surface area contributed by atoms with Crippen molar-refractivity contribution < 1.29 is 19.4 Å². The fraction of sp³-hybridized carbons (Fsp3) is 0.273. The molecule has 1 aromatic rings. The first-order chi connectivity index (χ1) is 8.36. The third kappa shape index (κ3) is 3.36. The predicted molar refractivity (Wildman–Crippen MR) is 71.1 cm³/mol. The van der Waals surface area contributed by atoms with E-state index in [0.717, 1.165) is 0 Å². The van der Waals surface area contributed by atoms with Crippen LogP contribution in [0.2, 0.25) is 5.02 Å². The van der Waals surface area contributed by atoms with Crippen LogP contribution in [0.15, 0.2) is 16.6 Å². The zero-order valence-electron chi connectivity index (χ0n) is 9.66. The van der Waals surface area contributed by atoms with Crippen molar-refractivity contribution >= 4 is 45.1 Å². The quantitative estimate of drug-likeness (QED) is 0.829. The third-order valence-electron chi connectivity index (χ3n) is 2.23. The number of carbonyl (C=O) groups excluding carboxylic acids is 1. The van der Waals surface area contributed by atoms with E-state index in [9.17, 15) is 9.59 Å². The molecule has 0 heterocycles. The summed E-state index contributed by atoms with van der Waals surface area (Å²) in [5.74, 6) is -2.62. The molecule has 2 N–H and O–H groups in total. The summed E-state index contributed by atoms with van der Waals surface area (Å²) in [7, 11) is 1.43. The molecule has 0 saturated carbocycles. The Hall–Kier alpha value is -1.27. The Morgan fingerprint density at radius 2 is 2.11 bits per heavy atom. The van der Waals surface area contributed by atoms with Crippen LogP contribution in [0.4, 0.5) is 5.69 Å². The highest BCUT2D eigenvalue weighted by molar-refractivity contribution is 9.10. The van der Waals surface area contributed by atoms with Crippen molar-refractivity contribution in [3.63, 3.8) is 0 Å². The third-order valence-corrected chi connectivity index (χ3v) is 3.04. The molecule has 1 rings (SSSR count). The lowest BCUT2D eigenvalue weighted by atomic mass is 10.1. The number of ether oxygens (including phenoxy) is 1. The lowest BCUT2D eigenvalue weighted by molar-refractivity contribution is -0.144. The van der Waals surface area contributed by atoms with Gasteiger partial charge in [0.05, 0.1) is 17.3 Å². The predicted octanol–water partition coefficient (Wildman–Crippen LogP) is 2.77. The van der Waals surface area contributed by atoms with Gasteiger partial charge in [-0.1, -0.05) is 11.6 Å². The van der Waals surface area contributed by atoms with E-state index in [2.05, 4.69) is 21.2 Å². The molecule has 1 amide bonds. The molecule has 0 aliphatic carbocycles. The van der Waals surface area contributed by atoms with Gasteiger partial charge in [0.1, 0.15) is 5.92 Å². The van der Waals surface area contributed by atoms with Crippen LogP contribution in [0.3, 0.4) is 0 Å². The Bertz CT molecular complexity index is 492. The van der Waals surface area contributed by atoms with Crippen LogP contribution in [-0.2, 0) is 9.59 Å². The molecule has 0 saturated heterocycles. The maximum Gasteiger partial charge on any atom is 0.315 e. The first-order valence-corrected chi connectivity index (χ1v) is 6.10. The van der Waals surface area contributed by atoms with Crippen LogP contribution >= 0.6 is 27.5 Å². The van der Waals surface area contributed by atoms with Gasteiger partial charge in [-0.15, -0.1) is 0 Å². The van der Waals surface area contributed by atoms with E-state index in [0.29, 0.717) is 20.9 Å². The minimum atomic E-state index is -1.20. The highest BCUT2D eigenvalue weighted by Crippen LogP contribution is 2.36. The van der Waals surface area contributed by atoms with Crippen molar-refractivity contribution in [2.45, 2.75) is 6.92 Å². The van der Waals surface area contributed by atoms with E-state index in [1.807, 2.05) is 0 Å². The molecule has 0 aliphatic heterocycles. The Morgan fingerprint density at radius 3 is 2.61 bits per heavy atom. The number of amides is 1. The van der Waals surface area contributed by atoms with Gasteiger partial charge < -0.3 is 15.2 Å². The molecule has 1 atom stereocenters. The number of anilines is 1. The summed E-state index contributed by atoms with van der Waals surface area (Å²) >= 11 is 9.09. The molecule has 0 bridgehead atoms. The Labute approximate surface area is 117 Å². The van der Waals surface area contributed by atoms with Gasteiger partial charge in [-0.2, -0.15) is 0 Å². The number of nitrogens with one attached hydrogen (secondary N) is 1. The Kier molecular flexibility index (Phi) is 4.98. The average molecular weight is 337 g/mol. The number of rotatable bonds is 4. The standard InChI is InChI=1S/C11H11BrClNO4/c1-5(11(16)17)10(15)14-8-4-6(13)3-7(12)9(8)18-2/h3-5H,1-2H3,(H,14,15)(H,16,17). The molecule has 1 aromatic carbocycles. The highest BCUT2D eigenvalue weighted by atomic mass is 79.9. The molecule has 0 radical (unpaired) electrons. The number of hydrogen-bond acceptors (Lipinski definition) is 3. The molecule has 18 heavy (non-hydrogen) atoms. The second-order valence-corrected chi connectivity index (χ2v) is 4.81. The van der Waals surface area contributed by atoms with Gasteiger partial charge in [-0.05, 0) is 35.0 Å². The van der Waals surface area contributed by atoms with Crippen LogP contribution < -0.4 is 10.1 Å². The number of aliphatic carboxylic acids is 1. The van der Waals surface area contributed by atoms with Crippen LogP contribution in [0, 0.1) is 5.92 Å². The van der Waals surface area contributed by atoms with E-state index in [4.69, 9.17) is 21.4 Å². The van der Waals surface area contributed by atoms with Gasteiger partial charge in [0.2, 0.25) is 5.91 Å². The second kappa shape index (κ2) is 6.06. The molecule has 98 valence electrons. The lowest BCUT2D eigenvalue weighted by Crippen LogP contribution is -2.27. The zero-order chi connectivity index (χ0) is 13.9. The second-order valence-electron chi connectivity index (χ2n) is 3.52. The molecule has 0 aliphatic rings. The number of carbonyl (C=O) groups is 2. The van der Waals surface area contributed by atoms with Crippen molar-refractivity contribution in [3.8, 4) is 5.75 Å². The molecular weight excluding hydrogens is 325 g/mol. The molecule has 5 nitrogen and oxygen atoms in total. The Balaban J connectivity index is 3.04. The van der Waals surface area contributed by atoms with Gasteiger partial charge >= 0.3 is 5.97 Å². The van der Waals surface area contributed by atoms with Crippen LogP contribution in [0.25, 0.3) is 0 Å². The number of benzene rings is 1. The smallest absolute Gasteiger partial charge is 0.315 e. The summed E-state index contributed by atoms with van der Waals surface area (Å²) in [6.45, 7) is 1.30. The molecule has 1 unspecified atom stereocenters. The number of methoxy groups -OCH3 is 1. The first kappa shape index (κ1) is 14.8. The summed E-state index contributed by atoms with van der Waals surface area (Å²) in [5.41, 5.74) is 0.315. The van der Waals surface area contributed by atoms with Crippen molar-refractivity contribution in [2.24, 2.45) is 5.92 Å². The largest absolute Gasteiger partial charge is 0.493 e. The first-order valence-electron chi connectivity index (χ1n) is 4.93. The highest BCUT2D eigenvalue weighted by Gasteiger charge is 2.22. The average Bonchev–Trinajstić information content (AvgIpc) is 2.27. The number of carboxylic acids is 1.